The van der Waals surface area contributed by atoms with Crippen molar-refractivity contribution >= 4 is 22.5 Å². The van der Waals surface area contributed by atoms with Gasteiger partial charge in [0.15, 0.2) is 0 Å². The molecule has 2 aromatic rings. The monoisotopic (exact) mass is 260 g/mol. The highest BCUT2D eigenvalue weighted by atomic mass is 32.2. The molecule has 1 aromatic heterocycles. The molecule has 0 atom stereocenters. The molecule has 0 fully saturated rings. The lowest BCUT2D eigenvalue weighted by molar-refractivity contribution is 0.592. The Bertz CT molecular complexity index is 517. The van der Waals surface area contributed by atoms with Gasteiger partial charge in [0.1, 0.15) is 0 Å². The highest BCUT2D eigenvalue weighted by Crippen LogP contribution is 2.20. The number of hydrogen-bond acceptors (Lipinski definition) is 3. The van der Waals surface area contributed by atoms with Crippen molar-refractivity contribution in [3.8, 4) is 0 Å². The van der Waals surface area contributed by atoms with Gasteiger partial charge in [-0.15, -0.1) is 0 Å². The first kappa shape index (κ1) is 13.4. The van der Waals surface area contributed by atoms with Gasteiger partial charge in [-0.1, -0.05) is 24.3 Å². The van der Waals surface area contributed by atoms with Crippen LogP contribution in [0.25, 0.3) is 10.8 Å². The summed E-state index contributed by atoms with van der Waals surface area (Å²) >= 11 is 1.89. The van der Waals surface area contributed by atoms with Crippen molar-refractivity contribution in [3.05, 3.63) is 42.2 Å². The molecule has 0 aliphatic carbocycles. The molecule has 2 nitrogen and oxygen atoms in total. The lowest BCUT2D eigenvalue weighted by Gasteiger charge is -2.22. The fraction of sp³-hybridized carbons (Fsp3) is 0.400. The van der Waals surface area contributed by atoms with E-state index in [1.165, 1.54) is 16.3 Å². The summed E-state index contributed by atoms with van der Waals surface area (Å²) in [6.45, 7) is 6.38. The van der Waals surface area contributed by atoms with Crippen molar-refractivity contribution in [2.24, 2.45) is 0 Å². The number of aromatic nitrogens is 1. The van der Waals surface area contributed by atoms with Crippen LogP contribution < -0.4 is 5.32 Å². The number of benzene rings is 1. The summed E-state index contributed by atoms with van der Waals surface area (Å²) in [5.41, 5.74) is 1.27. The Morgan fingerprint density at radius 2 is 2.00 bits per heavy atom. The van der Waals surface area contributed by atoms with E-state index in [4.69, 9.17) is 0 Å². The van der Waals surface area contributed by atoms with Crippen LogP contribution in [-0.4, -0.2) is 22.5 Å². The molecule has 2 rings (SSSR count). The predicted molar refractivity (Wildman–Crippen MR) is 81.0 cm³/mol. The van der Waals surface area contributed by atoms with Crippen molar-refractivity contribution < 1.29 is 0 Å². The Balaban J connectivity index is 2.08. The van der Waals surface area contributed by atoms with Crippen LogP contribution in [0.15, 0.2) is 36.7 Å². The Hall–Kier alpha value is -1.06. The van der Waals surface area contributed by atoms with E-state index < -0.39 is 0 Å². The molecule has 1 aromatic carbocycles. The standard InChI is InChI=1S/C15H20N2S/c1-15(2,18-3)11-17-10-13-9-16-8-12-6-4-5-7-14(12)13/h4-9,17H,10-11H2,1-3H3. The molecular weight excluding hydrogens is 240 g/mol. The Morgan fingerprint density at radius 3 is 2.78 bits per heavy atom. The molecule has 3 heteroatoms. The first-order chi connectivity index (χ1) is 8.62. The zero-order valence-electron chi connectivity index (χ0n) is 11.2. The second-order valence-electron chi connectivity index (χ2n) is 5.09. The number of nitrogens with zero attached hydrogens (tertiary/aromatic N) is 1. The van der Waals surface area contributed by atoms with Crippen LogP contribution >= 0.6 is 11.8 Å². The summed E-state index contributed by atoms with van der Waals surface area (Å²) in [6.07, 6.45) is 6.03. The van der Waals surface area contributed by atoms with Gasteiger partial charge < -0.3 is 5.32 Å². The lowest BCUT2D eigenvalue weighted by Crippen LogP contribution is -2.31. The SMILES string of the molecule is CSC(C)(C)CNCc1cncc2ccccc12. The maximum atomic E-state index is 4.30. The third kappa shape index (κ3) is 3.24. The summed E-state index contributed by atoms with van der Waals surface area (Å²) in [4.78, 5) is 4.30. The van der Waals surface area contributed by atoms with Crippen LogP contribution in [0.2, 0.25) is 0 Å². The molecular formula is C15H20N2S. The average Bonchev–Trinajstić information content (AvgIpc) is 2.39. The van der Waals surface area contributed by atoms with E-state index >= 15 is 0 Å². The minimum atomic E-state index is 0.276. The summed E-state index contributed by atoms with van der Waals surface area (Å²) in [5.74, 6) is 0. The van der Waals surface area contributed by atoms with Crippen LogP contribution in [0.5, 0.6) is 0 Å². The van der Waals surface area contributed by atoms with Crippen molar-refractivity contribution in [3.63, 3.8) is 0 Å². The second-order valence-corrected chi connectivity index (χ2v) is 6.60. The molecule has 0 aliphatic heterocycles. The molecule has 0 aliphatic rings. The molecule has 18 heavy (non-hydrogen) atoms. The van der Waals surface area contributed by atoms with Gasteiger partial charge in [-0.05, 0) is 31.1 Å². The normalized spacial score (nSPS) is 11.9. The van der Waals surface area contributed by atoms with E-state index in [0.29, 0.717) is 0 Å². The molecule has 0 radical (unpaired) electrons. The van der Waals surface area contributed by atoms with Crippen LogP contribution in [-0.2, 0) is 6.54 Å². The lowest BCUT2D eigenvalue weighted by atomic mass is 10.1. The maximum Gasteiger partial charge on any atom is 0.0346 e. The highest BCUT2D eigenvalue weighted by molar-refractivity contribution is 7.99. The van der Waals surface area contributed by atoms with Crippen LogP contribution in [0.3, 0.4) is 0 Å². The van der Waals surface area contributed by atoms with Gasteiger partial charge in [-0.3, -0.25) is 4.98 Å². The summed E-state index contributed by atoms with van der Waals surface area (Å²) in [7, 11) is 0. The zero-order chi connectivity index (χ0) is 13.0. The number of rotatable bonds is 5. The molecule has 0 amide bonds. The fourth-order valence-electron chi connectivity index (χ4n) is 1.89. The fourth-order valence-corrected chi connectivity index (χ4v) is 2.14. The minimum Gasteiger partial charge on any atom is -0.311 e. The first-order valence-electron chi connectivity index (χ1n) is 6.20. The smallest absolute Gasteiger partial charge is 0.0346 e. The third-order valence-electron chi connectivity index (χ3n) is 3.17. The summed E-state index contributed by atoms with van der Waals surface area (Å²) < 4.78 is 0.276. The summed E-state index contributed by atoms with van der Waals surface area (Å²) in [6, 6.07) is 8.40. The largest absolute Gasteiger partial charge is 0.311 e. The van der Waals surface area contributed by atoms with Gasteiger partial charge in [0, 0.05) is 35.6 Å². The molecule has 0 unspecified atom stereocenters. The summed E-state index contributed by atoms with van der Waals surface area (Å²) in [5, 5.41) is 6.03. The molecule has 0 spiro atoms. The van der Waals surface area contributed by atoms with Crippen molar-refractivity contribution in [2.45, 2.75) is 25.1 Å². The van der Waals surface area contributed by atoms with E-state index in [0.717, 1.165) is 13.1 Å². The minimum absolute atomic E-state index is 0.276. The topological polar surface area (TPSA) is 24.9 Å². The van der Waals surface area contributed by atoms with Crippen molar-refractivity contribution in [1.29, 1.82) is 0 Å². The number of fused-ring (bicyclic) bond motifs is 1. The van der Waals surface area contributed by atoms with Gasteiger partial charge >= 0.3 is 0 Å². The van der Waals surface area contributed by atoms with E-state index in [2.05, 4.69) is 54.7 Å². The van der Waals surface area contributed by atoms with E-state index in [1.807, 2.05) is 24.2 Å². The van der Waals surface area contributed by atoms with Crippen LogP contribution in [0.4, 0.5) is 0 Å². The highest BCUT2D eigenvalue weighted by Gasteiger charge is 2.14. The predicted octanol–water partition coefficient (Wildman–Crippen LogP) is 3.47. The Kier molecular flexibility index (Phi) is 4.25. The van der Waals surface area contributed by atoms with Crippen LogP contribution in [0.1, 0.15) is 19.4 Å². The Morgan fingerprint density at radius 1 is 1.22 bits per heavy atom. The zero-order valence-corrected chi connectivity index (χ0v) is 12.1. The number of thioether (sulfide) groups is 1. The number of pyridine rings is 1. The average molecular weight is 260 g/mol. The quantitative estimate of drug-likeness (QED) is 0.891. The number of nitrogens with one attached hydrogen (secondary N) is 1. The molecule has 96 valence electrons. The van der Waals surface area contributed by atoms with E-state index in [9.17, 15) is 0 Å². The first-order valence-corrected chi connectivity index (χ1v) is 7.42. The van der Waals surface area contributed by atoms with Gasteiger partial charge in [0.05, 0.1) is 0 Å². The van der Waals surface area contributed by atoms with Gasteiger partial charge in [0.25, 0.3) is 0 Å². The van der Waals surface area contributed by atoms with E-state index in [-0.39, 0.29) is 4.75 Å². The maximum absolute atomic E-state index is 4.30. The number of hydrogen-bond donors (Lipinski definition) is 1. The molecule has 0 saturated carbocycles. The van der Waals surface area contributed by atoms with Crippen LogP contribution in [0, 0.1) is 0 Å². The van der Waals surface area contributed by atoms with Crippen molar-refractivity contribution in [1.82, 2.24) is 10.3 Å². The van der Waals surface area contributed by atoms with Crippen molar-refractivity contribution in [2.75, 3.05) is 12.8 Å². The van der Waals surface area contributed by atoms with E-state index in [1.54, 1.807) is 0 Å². The van der Waals surface area contributed by atoms with Gasteiger partial charge in [-0.25, -0.2) is 0 Å². The van der Waals surface area contributed by atoms with Gasteiger partial charge in [0.2, 0.25) is 0 Å². The molecule has 1 N–H and O–H groups in total. The van der Waals surface area contributed by atoms with Gasteiger partial charge in [-0.2, -0.15) is 11.8 Å². The molecule has 1 heterocycles. The second kappa shape index (κ2) is 5.72. The molecule has 0 bridgehead atoms. The molecule has 0 saturated heterocycles. The Labute approximate surface area is 113 Å². The third-order valence-corrected chi connectivity index (χ3v) is 4.42.